The van der Waals surface area contributed by atoms with E-state index < -0.39 is 0 Å². The van der Waals surface area contributed by atoms with Gasteiger partial charge in [-0.05, 0) is 20.4 Å². The molecule has 0 aliphatic carbocycles. The van der Waals surface area contributed by atoms with E-state index in [4.69, 9.17) is 4.74 Å². The zero-order valence-electron chi connectivity index (χ0n) is 9.92. The van der Waals surface area contributed by atoms with Crippen LogP contribution in [-0.4, -0.2) is 23.6 Å². The Morgan fingerprint density at radius 2 is 1.80 bits per heavy atom. The van der Waals surface area contributed by atoms with Crippen LogP contribution in [0.2, 0.25) is 0 Å². The number of hydrogen-bond acceptors (Lipinski definition) is 4. The van der Waals surface area contributed by atoms with Gasteiger partial charge in [-0.3, -0.25) is 0 Å². The molecule has 0 spiro atoms. The molecule has 0 aromatic carbocycles. The number of rotatable bonds is 5. The summed E-state index contributed by atoms with van der Waals surface area (Å²) < 4.78 is 5.02. The molecule has 1 aromatic rings. The number of aryl methyl sites for hydroxylation is 2. The highest BCUT2D eigenvalue weighted by atomic mass is 16.5. The Kier molecular flexibility index (Phi) is 4.65. The van der Waals surface area contributed by atoms with E-state index in [2.05, 4.69) is 22.2 Å². The van der Waals surface area contributed by atoms with E-state index in [9.17, 15) is 0 Å². The standard InChI is InChI=1S/C11H19N3O/c1-5-12-6-10-8(2)13-11(7-15-4)14-9(10)3/h12H,5-7H2,1-4H3. The molecule has 1 rings (SSSR count). The molecule has 1 aromatic heterocycles. The van der Waals surface area contributed by atoms with Crippen molar-refractivity contribution >= 4 is 0 Å². The van der Waals surface area contributed by atoms with Crippen molar-refractivity contribution < 1.29 is 4.74 Å². The van der Waals surface area contributed by atoms with Gasteiger partial charge in [-0.2, -0.15) is 0 Å². The van der Waals surface area contributed by atoms with Crippen LogP contribution in [0.1, 0.15) is 29.7 Å². The highest BCUT2D eigenvalue weighted by Crippen LogP contribution is 2.10. The molecule has 84 valence electrons. The van der Waals surface area contributed by atoms with Crippen LogP contribution in [-0.2, 0) is 17.9 Å². The highest BCUT2D eigenvalue weighted by molar-refractivity contribution is 5.24. The summed E-state index contributed by atoms with van der Waals surface area (Å²) in [6, 6.07) is 0. The van der Waals surface area contributed by atoms with Crippen LogP contribution in [0.15, 0.2) is 0 Å². The molecule has 0 saturated heterocycles. The first kappa shape index (κ1) is 12.1. The number of nitrogens with zero attached hydrogens (tertiary/aromatic N) is 2. The highest BCUT2D eigenvalue weighted by Gasteiger charge is 2.07. The van der Waals surface area contributed by atoms with Gasteiger partial charge in [-0.25, -0.2) is 9.97 Å². The van der Waals surface area contributed by atoms with Crippen molar-refractivity contribution in [1.82, 2.24) is 15.3 Å². The van der Waals surface area contributed by atoms with Gasteiger partial charge in [0.2, 0.25) is 0 Å². The van der Waals surface area contributed by atoms with Gasteiger partial charge in [-0.1, -0.05) is 6.92 Å². The fraction of sp³-hybridized carbons (Fsp3) is 0.636. The molecular weight excluding hydrogens is 190 g/mol. The Morgan fingerprint density at radius 1 is 1.20 bits per heavy atom. The van der Waals surface area contributed by atoms with E-state index >= 15 is 0 Å². The number of nitrogens with one attached hydrogen (secondary N) is 1. The maximum Gasteiger partial charge on any atom is 0.154 e. The fourth-order valence-corrected chi connectivity index (χ4v) is 1.51. The molecule has 0 unspecified atom stereocenters. The van der Waals surface area contributed by atoms with E-state index in [0.717, 1.165) is 30.3 Å². The molecule has 15 heavy (non-hydrogen) atoms. The molecule has 0 atom stereocenters. The quantitative estimate of drug-likeness (QED) is 0.795. The lowest BCUT2D eigenvalue weighted by Crippen LogP contribution is -2.16. The van der Waals surface area contributed by atoms with Gasteiger partial charge < -0.3 is 10.1 Å². The zero-order valence-corrected chi connectivity index (χ0v) is 9.92. The van der Waals surface area contributed by atoms with Crippen LogP contribution in [0.25, 0.3) is 0 Å². The first-order valence-corrected chi connectivity index (χ1v) is 5.21. The van der Waals surface area contributed by atoms with E-state index in [-0.39, 0.29) is 0 Å². The minimum atomic E-state index is 0.475. The molecule has 0 radical (unpaired) electrons. The third-order valence-corrected chi connectivity index (χ3v) is 2.29. The summed E-state index contributed by atoms with van der Waals surface area (Å²) >= 11 is 0. The van der Waals surface area contributed by atoms with Crippen molar-refractivity contribution in [3.8, 4) is 0 Å². The molecule has 0 amide bonds. The Morgan fingerprint density at radius 3 is 2.27 bits per heavy atom. The van der Waals surface area contributed by atoms with Crippen molar-refractivity contribution in [3.63, 3.8) is 0 Å². The third kappa shape index (κ3) is 3.25. The Bertz CT molecular complexity index is 303. The Hall–Kier alpha value is -1.00. The normalized spacial score (nSPS) is 10.7. The van der Waals surface area contributed by atoms with Crippen molar-refractivity contribution in [3.05, 3.63) is 22.8 Å². The predicted molar refractivity (Wildman–Crippen MR) is 59.6 cm³/mol. The average molecular weight is 209 g/mol. The molecule has 1 heterocycles. The van der Waals surface area contributed by atoms with Crippen LogP contribution in [0, 0.1) is 13.8 Å². The molecule has 4 nitrogen and oxygen atoms in total. The van der Waals surface area contributed by atoms with Gasteiger partial charge in [0.1, 0.15) is 6.61 Å². The van der Waals surface area contributed by atoms with Gasteiger partial charge in [0.15, 0.2) is 5.82 Å². The minimum Gasteiger partial charge on any atom is -0.377 e. The van der Waals surface area contributed by atoms with E-state index in [1.165, 1.54) is 5.56 Å². The van der Waals surface area contributed by atoms with Crippen molar-refractivity contribution in [2.24, 2.45) is 0 Å². The smallest absolute Gasteiger partial charge is 0.154 e. The summed E-state index contributed by atoms with van der Waals surface area (Å²) in [5.74, 6) is 0.757. The first-order valence-electron chi connectivity index (χ1n) is 5.21. The summed E-state index contributed by atoms with van der Waals surface area (Å²) in [5.41, 5.74) is 3.27. The van der Waals surface area contributed by atoms with Crippen LogP contribution in [0.3, 0.4) is 0 Å². The topological polar surface area (TPSA) is 47.0 Å². The van der Waals surface area contributed by atoms with E-state index in [0.29, 0.717) is 6.61 Å². The molecule has 4 heteroatoms. The molecule has 0 aliphatic rings. The summed E-state index contributed by atoms with van der Waals surface area (Å²) in [6.45, 7) is 8.38. The average Bonchev–Trinajstić information content (AvgIpc) is 2.17. The van der Waals surface area contributed by atoms with Gasteiger partial charge in [0.25, 0.3) is 0 Å². The summed E-state index contributed by atoms with van der Waals surface area (Å²) in [5, 5.41) is 3.29. The van der Waals surface area contributed by atoms with Gasteiger partial charge >= 0.3 is 0 Å². The van der Waals surface area contributed by atoms with Crippen LogP contribution in [0.5, 0.6) is 0 Å². The molecule has 0 aliphatic heterocycles. The fourth-order valence-electron chi connectivity index (χ4n) is 1.51. The summed E-state index contributed by atoms with van der Waals surface area (Å²) in [7, 11) is 1.65. The minimum absolute atomic E-state index is 0.475. The second kappa shape index (κ2) is 5.78. The van der Waals surface area contributed by atoms with Crippen LogP contribution in [0.4, 0.5) is 0 Å². The molecule has 0 fully saturated rings. The first-order chi connectivity index (χ1) is 7.19. The lowest BCUT2D eigenvalue weighted by atomic mass is 10.1. The van der Waals surface area contributed by atoms with Crippen LogP contribution < -0.4 is 5.32 Å². The Balaban J connectivity index is 2.88. The van der Waals surface area contributed by atoms with Crippen molar-refractivity contribution in [2.45, 2.75) is 33.9 Å². The number of hydrogen-bond donors (Lipinski definition) is 1. The number of aromatic nitrogens is 2. The van der Waals surface area contributed by atoms with Crippen molar-refractivity contribution in [1.29, 1.82) is 0 Å². The van der Waals surface area contributed by atoms with Crippen molar-refractivity contribution in [2.75, 3.05) is 13.7 Å². The largest absolute Gasteiger partial charge is 0.377 e. The van der Waals surface area contributed by atoms with Gasteiger partial charge in [0, 0.05) is 30.6 Å². The monoisotopic (exact) mass is 209 g/mol. The third-order valence-electron chi connectivity index (χ3n) is 2.29. The van der Waals surface area contributed by atoms with Crippen LogP contribution >= 0.6 is 0 Å². The SMILES string of the molecule is CCNCc1c(C)nc(COC)nc1C. The molecule has 0 saturated carbocycles. The maximum absolute atomic E-state index is 5.02. The van der Waals surface area contributed by atoms with Gasteiger partial charge in [0.05, 0.1) is 0 Å². The second-order valence-corrected chi connectivity index (χ2v) is 3.50. The van der Waals surface area contributed by atoms with E-state index in [1.54, 1.807) is 7.11 Å². The predicted octanol–water partition coefficient (Wildman–Crippen LogP) is 1.35. The Labute approximate surface area is 91.1 Å². The summed E-state index contributed by atoms with van der Waals surface area (Å²) in [6.07, 6.45) is 0. The molecular formula is C11H19N3O. The zero-order chi connectivity index (χ0) is 11.3. The molecule has 0 bridgehead atoms. The number of methoxy groups -OCH3 is 1. The number of ether oxygens (including phenoxy) is 1. The van der Waals surface area contributed by atoms with Gasteiger partial charge in [-0.15, -0.1) is 0 Å². The lowest BCUT2D eigenvalue weighted by Gasteiger charge is -2.10. The summed E-state index contributed by atoms with van der Waals surface area (Å²) in [4.78, 5) is 8.80. The second-order valence-electron chi connectivity index (χ2n) is 3.50. The van der Waals surface area contributed by atoms with E-state index in [1.807, 2.05) is 13.8 Å². The maximum atomic E-state index is 5.02. The lowest BCUT2D eigenvalue weighted by molar-refractivity contribution is 0.177. The molecule has 1 N–H and O–H groups in total.